The standard InChI is InChI=1S/C11H15FN2O3/c1-11(2,5-15)14-7-4-3-6(12)9(13)8(7)10(16)17/h3-4,14-15H,5,13H2,1-2H3,(H,16,17). The molecule has 0 amide bonds. The van der Waals surface area contributed by atoms with E-state index in [1.54, 1.807) is 13.8 Å². The molecular formula is C11H15FN2O3. The van der Waals surface area contributed by atoms with Gasteiger partial charge in [0.1, 0.15) is 11.4 Å². The molecule has 0 heterocycles. The van der Waals surface area contributed by atoms with E-state index in [0.717, 1.165) is 6.07 Å². The first-order chi connectivity index (χ1) is 7.78. The first-order valence-corrected chi connectivity index (χ1v) is 4.99. The van der Waals surface area contributed by atoms with E-state index < -0.39 is 23.0 Å². The van der Waals surface area contributed by atoms with Crippen LogP contribution in [0.25, 0.3) is 0 Å². The van der Waals surface area contributed by atoms with Crippen molar-refractivity contribution in [2.45, 2.75) is 19.4 Å². The third-order valence-corrected chi connectivity index (χ3v) is 2.27. The molecule has 5 N–H and O–H groups in total. The van der Waals surface area contributed by atoms with E-state index >= 15 is 0 Å². The van der Waals surface area contributed by atoms with Gasteiger partial charge in [0.2, 0.25) is 0 Å². The third-order valence-electron chi connectivity index (χ3n) is 2.27. The van der Waals surface area contributed by atoms with Crippen molar-refractivity contribution in [3.8, 4) is 0 Å². The number of aliphatic hydroxyl groups is 1. The van der Waals surface area contributed by atoms with Crippen LogP contribution in [0, 0.1) is 5.82 Å². The summed E-state index contributed by atoms with van der Waals surface area (Å²) in [6.45, 7) is 3.15. The van der Waals surface area contributed by atoms with Crippen LogP contribution in [0.2, 0.25) is 0 Å². The molecule has 0 saturated heterocycles. The fraction of sp³-hybridized carbons (Fsp3) is 0.364. The van der Waals surface area contributed by atoms with Crippen molar-refractivity contribution >= 4 is 17.3 Å². The van der Waals surface area contributed by atoms with Crippen molar-refractivity contribution in [2.24, 2.45) is 0 Å². The SMILES string of the molecule is CC(C)(CO)Nc1ccc(F)c(N)c1C(=O)O. The number of carboxylic acids is 1. The second-order valence-electron chi connectivity index (χ2n) is 4.36. The summed E-state index contributed by atoms with van der Waals surface area (Å²) in [7, 11) is 0. The number of aliphatic hydroxyl groups excluding tert-OH is 1. The van der Waals surface area contributed by atoms with Crippen molar-refractivity contribution in [3.05, 3.63) is 23.5 Å². The first-order valence-electron chi connectivity index (χ1n) is 4.99. The van der Waals surface area contributed by atoms with Crippen molar-refractivity contribution in [3.63, 3.8) is 0 Å². The third kappa shape index (κ3) is 2.85. The number of hydrogen-bond donors (Lipinski definition) is 4. The average molecular weight is 242 g/mol. The van der Waals surface area contributed by atoms with Crippen LogP contribution in [0.5, 0.6) is 0 Å². The quantitative estimate of drug-likeness (QED) is 0.597. The van der Waals surface area contributed by atoms with Crippen molar-refractivity contribution in [2.75, 3.05) is 17.7 Å². The van der Waals surface area contributed by atoms with Gasteiger partial charge in [-0.1, -0.05) is 0 Å². The van der Waals surface area contributed by atoms with Crippen LogP contribution < -0.4 is 11.1 Å². The molecule has 0 aliphatic rings. The Morgan fingerprint density at radius 1 is 1.53 bits per heavy atom. The van der Waals surface area contributed by atoms with Gasteiger partial charge in [-0.05, 0) is 26.0 Å². The number of anilines is 2. The molecule has 0 bridgehead atoms. The molecule has 0 unspecified atom stereocenters. The largest absolute Gasteiger partial charge is 0.478 e. The second-order valence-corrected chi connectivity index (χ2v) is 4.36. The molecule has 17 heavy (non-hydrogen) atoms. The lowest BCUT2D eigenvalue weighted by atomic mass is 10.0. The molecule has 94 valence electrons. The summed E-state index contributed by atoms with van der Waals surface area (Å²) in [5.41, 5.74) is 4.09. The highest BCUT2D eigenvalue weighted by Crippen LogP contribution is 2.27. The number of hydrogen-bond acceptors (Lipinski definition) is 4. The van der Waals surface area contributed by atoms with Gasteiger partial charge in [0.05, 0.1) is 23.5 Å². The Balaban J connectivity index is 3.25. The Hall–Kier alpha value is -1.82. The number of halogens is 1. The maximum absolute atomic E-state index is 13.2. The molecule has 0 atom stereocenters. The predicted molar refractivity (Wildman–Crippen MR) is 62.6 cm³/mol. The molecule has 0 fully saturated rings. The van der Waals surface area contributed by atoms with Gasteiger partial charge in [-0.2, -0.15) is 0 Å². The van der Waals surface area contributed by atoms with Gasteiger partial charge in [-0.3, -0.25) is 0 Å². The topological polar surface area (TPSA) is 95.6 Å². The summed E-state index contributed by atoms with van der Waals surface area (Å²) in [6, 6.07) is 2.37. The van der Waals surface area contributed by atoms with Crippen LogP contribution in [-0.4, -0.2) is 28.3 Å². The molecule has 1 aromatic carbocycles. The molecule has 1 aromatic rings. The molecule has 0 aromatic heterocycles. The number of nitrogen functional groups attached to an aromatic ring is 1. The Labute approximate surface area is 98.1 Å². The van der Waals surface area contributed by atoms with Crippen LogP contribution in [-0.2, 0) is 0 Å². The van der Waals surface area contributed by atoms with Crippen LogP contribution in [0.4, 0.5) is 15.8 Å². The van der Waals surface area contributed by atoms with Crippen LogP contribution in [0.1, 0.15) is 24.2 Å². The summed E-state index contributed by atoms with van der Waals surface area (Å²) in [6.07, 6.45) is 0. The van der Waals surface area contributed by atoms with E-state index in [9.17, 15) is 9.18 Å². The summed E-state index contributed by atoms with van der Waals surface area (Å²) in [4.78, 5) is 11.0. The summed E-state index contributed by atoms with van der Waals surface area (Å²) in [5.74, 6) is -2.10. The van der Waals surface area contributed by atoms with Crippen molar-refractivity contribution in [1.29, 1.82) is 0 Å². The minimum Gasteiger partial charge on any atom is -0.478 e. The smallest absolute Gasteiger partial charge is 0.340 e. The van der Waals surface area contributed by atoms with Gasteiger partial charge in [-0.15, -0.1) is 0 Å². The van der Waals surface area contributed by atoms with Crippen LogP contribution >= 0.6 is 0 Å². The van der Waals surface area contributed by atoms with Gasteiger partial charge in [0.15, 0.2) is 0 Å². The molecule has 0 aliphatic heterocycles. The van der Waals surface area contributed by atoms with Crippen LogP contribution in [0.15, 0.2) is 12.1 Å². The summed E-state index contributed by atoms with van der Waals surface area (Å²) >= 11 is 0. The highest BCUT2D eigenvalue weighted by Gasteiger charge is 2.22. The van der Waals surface area contributed by atoms with Crippen molar-refractivity contribution < 1.29 is 19.4 Å². The van der Waals surface area contributed by atoms with E-state index in [1.165, 1.54) is 6.07 Å². The molecule has 0 saturated carbocycles. The lowest BCUT2D eigenvalue weighted by molar-refractivity contribution is 0.0698. The second kappa shape index (κ2) is 4.58. The van der Waals surface area contributed by atoms with Crippen molar-refractivity contribution in [1.82, 2.24) is 0 Å². The minimum absolute atomic E-state index is 0.176. The van der Waals surface area contributed by atoms with E-state index in [4.69, 9.17) is 15.9 Å². The van der Waals surface area contributed by atoms with Gasteiger partial charge in [-0.25, -0.2) is 9.18 Å². The monoisotopic (exact) mass is 242 g/mol. The molecule has 5 nitrogen and oxygen atoms in total. The Morgan fingerprint density at radius 3 is 2.59 bits per heavy atom. The molecule has 6 heteroatoms. The summed E-state index contributed by atoms with van der Waals surface area (Å²) in [5, 5.41) is 20.9. The van der Waals surface area contributed by atoms with Gasteiger partial charge < -0.3 is 21.3 Å². The van der Waals surface area contributed by atoms with E-state index in [2.05, 4.69) is 5.32 Å². The zero-order chi connectivity index (χ0) is 13.2. The highest BCUT2D eigenvalue weighted by molar-refractivity contribution is 6.00. The normalized spacial score (nSPS) is 11.3. The minimum atomic E-state index is -1.32. The number of carboxylic acid groups (broad SMARTS) is 1. The number of benzene rings is 1. The molecular weight excluding hydrogens is 227 g/mol. The lowest BCUT2D eigenvalue weighted by Gasteiger charge is -2.26. The van der Waals surface area contributed by atoms with E-state index in [1.807, 2.05) is 0 Å². The molecule has 0 aliphatic carbocycles. The number of nitrogens with one attached hydrogen (secondary N) is 1. The zero-order valence-electron chi connectivity index (χ0n) is 9.62. The van der Waals surface area contributed by atoms with Gasteiger partial charge in [0.25, 0.3) is 0 Å². The van der Waals surface area contributed by atoms with E-state index in [-0.39, 0.29) is 17.9 Å². The van der Waals surface area contributed by atoms with E-state index in [0.29, 0.717) is 0 Å². The molecule has 0 radical (unpaired) electrons. The lowest BCUT2D eigenvalue weighted by Crippen LogP contribution is -2.35. The Bertz CT molecular complexity index is 447. The Kier molecular flexibility index (Phi) is 3.57. The average Bonchev–Trinajstić information content (AvgIpc) is 2.23. The van der Waals surface area contributed by atoms with Gasteiger partial charge in [0, 0.05) is 0 Å². The molecule has 0 spiro atoms. The number of nitrogens with two attached hydrogens (primary N) is 1. The fourth-order valence-corrected chi connectivity index (χ4v) is 1.33. The number of aromatic carboxylic acids is 1. The highest BCUT2D eigenvalue weighted by atomic mass is 19.1. The van der Waals surface area contributed by atoms with Gasteiger partial charge >= 0.3 is 5.97 Å². The predicted octanol–water partition coefficient (Wildman–Crippen LogP) is 1.29. The first kappa shape index (κ1) is 13.2. The maximum atomic E-state index is 13.2. The Morgan fingerprint density at radius 2 is 2.12 bits per heavy atom. The van der Waals surface area contributed by atoms with Crippen LogP contribution in [0.3, 0.4) is 0 Å². The zero-order valence-corrected chi connectivity index (χ0v) is 9.62. The fourth-order valence-electron chi connectivity index (χ4n) is 1.33. The number of rotatable bonds is 4. The number of carbonyl (C=O) groups is 1. The summed E-state index contributed by atoms with van der Waals surface area (Å²) < 4.78 is 13.2. The molecule has 1 rings (SSSR count). The maximum Gasteiger partial charge on any atom is 0.340 e.